The van der Waals surface area contributed by atoms with E-state index >= 15 is 0 Å². The van der Waals surface area contributed by atoms with E-state index in [1.54, 1.807) is 18.5 Å². The first-order chi connectivity index (χ1) is 8.31. The van der Waals surface area contributed by atoms with Crippen LogP contribution in [-0.4, -0.2) is 38.7 Å². The summed E-state index contributed by atoms with van der Waals surface area (Å²) in [6.45, 7) is 0. The predicted octanol–water partition coefficient (Wildman–Crippen LogP) is 0.290. The number of aromatic nitrogens is 5. The second-order valence-corrected chi connectivity index (χ2v) is 3.39. The van der Waals surface area contributed by atoms with E-state index in [1.807, 2.05) is 6.07 Å². The largest absolute Gasteiger partial charge is 0.469 e. The van der Waals surface area contributed by atoms with Crippen molar-refractivity contribution >= 4 is 5.97 Å². The number of hydrogen-bond donors (Lipinski definition) is 1. The fourth-order valence-electron chi connectivity index (χ4n) is 1.51. The van der Waals surface area contributed by atoms with E-state index in [1.165, 1.54) is 7.11 Å². The Morgan fingerprint density at radius 2 is 2.47 bits per heavy atom. The van der Waals surface area contributed by atoms with Gasteiger partial charge in [0, 0.05) is 12.4 Å². The van der Waals surface area contributed by atoms with Gasteiger partial charge in [-0.15, -0.1) is 10.2 Å². The third kappa shape index (κ3) is 2.63. The quantitative estimate of drug-likeness (QED) is 0.763. The highest BCUT2D eigenvalue weighted by molar-refractivity contribution is 5.70. The average Bonchev–Trinajstić information content (AvgIpc) is 2.90. The van der Waals surface area contributed by atoms with Gasteiger partial charge in [0.2, 0.25) is 0 Å². The normalized spacial score (nSPS) is 12.1. The minimum Gasteiger partial charge on any atom is -0.469 e. The molecule has 0 aliphatic heterocycles. The minimum atomic E-state index is -0.330. The predicted molar refractivity (Wildman–Crippen MR) is 56.9 cm³/mol. The molecule has 0 radical (unpaired) electrons. The van der Waals surface area contributed by atoms with Gasteiger partial charge in [0.05, 0.1) is 19.4 Å². The molecule has 0 bridgehead atoms. The summed E-state index contributed by atoms with van der Waals surface area (Å²) < 4.78 is 4.65. The summed E-state index contributed by atoms with van der Waals surface area (Å²) in [5.74, 6) is -0.179. The number of carbonyl (C=O) groups excluding carboxylic acids is 1. The van der Waals surface area contributed by atoms with Crippen molar-refractivity contribution in [3.63, 3.8) is 0 Å². The van der Waals surface area contributed by atoms with Crippen LogP contribution >= 0.6 is 0 Å². The molecule has 0 spiro atoms. The molecule has 0 amide bonds. The third-order valence-electron chi connectivity index (χ3n) is 2.36. The number of nitrogens with zero attached hydrogens (tertiary/aromatic N) is 4. The van der Waals surface area contributed by atoms with Gasteiger partial charge in [0.1, 0.15) is 0 Å². The van der Waals surface area contributed by atoms with Gasteiger partial charge in [-0.25, -0.2) is 0 Å². The van der Waals surface area contributed by atoms with Crippen LogP contribution in [0.5, 0.6) is 0 Å². The SMILES string of the molecule is COC(=O)CC(c1cccnc1)c1nn[nH]n1. The van der Waals surface area contributed by atoms with Crippen LogP contribution in [0, 0.1) is 0 Å². The number of hydrogen-bond acceptors (Lipinski definition) is 6. The van der Waals surface area contributed by atoms with Gasteiger partial charge in [-0.2, -0.15) is 5.21 Å². The number of carbonyl (C=O) groups is 1. The Morgan fingerprint density at radius 3 is 3.06 bits per heavy atom. The van der Waals surface area contributed by atoms with Crippen molar-refractivity contribution in [2.75, 3.05) is 7.11 Å². The maximum Gasteiger partial charge on any atom is 0.306 e. The molecule has 0 fully saturated rings. The third-order valence-corrected chi connectivity index (χ3v) is 2.36. The first-order valence-corrected chi connectivity index (χ1v) is 5.01. The van der Waals surface area contributed by atoms with Crippen molar-refractivity contribution in [3.8, 4) is 0 Å². The van der Waals surface area contributed by atoms with Crippen molar-refractivity contribution in [1.82, 2.24) is 25.6 Å². The highest BCUT2D eigenvalue weighted by atomic mass is 16.5. The Balaban J connectivity index is 2.28. The van der Waals surface area contributed by atoms with Gasteiger partial charge in [0.25, 0.3) is 0 Å². The van der Waals surface area contributed by atoms with Crippen LogP contribution in [0.1, 0.15) is 23.7 Å². The highest BCUT2D eigenvalue weighted by Gasteiger charge is 2.22. The maximum absolute atomic E-state index is 11.4. The van der Waals surface area contributed by atoms with Gasteiger partial charge >= 0.3 is 5.97 Å². The molecule has 1 unspecified atom stereocenters. The summed E-state index contributed by atoms with van der Waals surface area (Å²) in [4.78, 5) is 15.4. The smallest absolute Gasteiger partial charge is 0.306 e. The zero-order valence-corrected chi connectivity index (χ0v) is 9.20. The monoisotopic (exact) mass is 233 g/mol. The molecule has 2 aromatic heterocycles. The van der Waals surface area contributed by atoms with Crippen molar-refractivity contribution in [2.45, 2.75) is 12.3 Å². The van der Waals surface area contributed by atoms with Gasteiger partial charge in [-0.1, -0.05) is 11.3 Å². The molecule has 0 aromatic carbocycles. The number of tetrazole rings is 1. The first kappa shape index (κ1) is 11.2. The average molecular weight is 233 g/mol. The lowest BCUT2D eigenvalue weighted by Crippen LogP contribution is -2.11. The molecule has 17 heavy (non-hydrogen) atoms. The van der Waals surface area contributed by atoms with E-state index in [0.717, 1.165) is 5.56 Å². The lowest BCUT2D eigenvalue weighted by atomic mass is 9.97. The summed E-state index contributed by atoms with van der Waals surface area (Å²) in [7, 11) is 1.35. The van der Waals surface area contributed by atoms with Crippen molar-refractivity contribution in [1.29, 1.82) is 0 Å². The van der Waals surface area contributed by atoms with E-state index in [-0.39, 0.29) is 18.3 Å². The van der Waals surface area contributed by atoms with Gasteiger partial charge in [0.15, 0.2) is 5.82 Å². The number of methoxy groups -OCH3 is 1. The Morgan fingerprint density at radius 1 is 1.59 bits per heavy atom. The van der Waals surface area contributed by atoms with Crippen molar-refractivity contribution in [3.05, 3.63) is 35.9 Å². The number of esters is 1. The van der Waals surface area contributed by atoms with Crippen LogP contribution in [-0.2, 0) is 9.53 Å². The molecule has 1 N–H and O–H groups in total. The molecular formula is C10H11N5O2. The van der Waals surface area contributed by atoms with Crippen molar-refractivity contribution in [2.24, 2.45) is 0 Å². The van der Waals surface area contributed by atoms with E-state index in [9.17, 15) is 4.79 Å². The van der Waals surface area contributed by atoms with Crippen LogP contribution in [0.4, 0.5) is 0 Å². The van der Waals surface area contributed by atoms with Crippen LogP contribution in [0.3, 0.4) is 0 Å². The molecular weight excluding hydrogens is 222 g/mol. The van der Waals surface area contributed by atoms with Gasteiger partial charge in [-0.3, -0.25) is 9.78 Å². The van der Waals surface area contributed by atoms with Crippen LogP contribution < -0.4 is 0 Å². The number of aromatic amines is 1. The van der Waals surface area contributed by atoms with Gasteiger partial charge < -0.3 is 4.74 Å². The fourth-order valence-corrected chi connectivity index (χ4v) is 1.51. The van der Waals surface area contributed by atoms with Crippen LogP contribution in [0.15, 0.2) is 24.5 Å². The molecule has 0 aliphatic rings. The number of ether oxygens (including phenoxy) is 1. The number of H-pyrrole nitrogens is 1. The summed E-state index contributed by atoms with van der Waals surface area (Å²) in [6, 6.07) is 3.65. The zero-order chi connectivity index (χ0) is 12.1. The Labute approximate surface area is 97.2 Å². The van der Waals surface area contributed by atoms with E-state index < -0.39 is 0 Å². The minimum absolute atomic E-state index is 0.154. The summed E-state index contributed by atoms with van der Waals surface area (Å²) in [5, 5.41) is 13.7. The fraction of sp³-hybridized carbons (Fsp3) is 0.300. The molecule has 2 heterocycles. The number of pyridine rings is 1. The van der Waals surface area contributed by atoms with Crippen LogP contribution in [0.2, 0.25) is 0 Å². The second-order valence-electron chi connectivity index (χ2n) is 3.39. The van der Waals surface area contributed by atoms with Crippen LogP contribution in [0.25, 0.3) is 0 Å². The standard InChI is InChI=1S/C10H11N5O2/c1-17-9(16)5-8(10-12-14-15-13-10)7-3-2-4-11-6-7/h2-4,6,8H,5H2,1H3,(H,12,13,14,15). The lowest BCUT2D eigenvalue weighted by molar-refractivity contribution is -0.140. The number of rotatable bonds is 4. The molecule has 7 heteroatoms. The van der Waals surface area contributed by atoms with E-state index in [0.29, 0.717) is 5.82 Å². The Hall–Kier alpha value is -2.31. The zero-order valence-electron chi connectivity index (χ0n) is 9.20. The topological polar surface area (TPSA) is 93.6 Å². The Kier molecular flexibility index (Phi) is 3.39. The summed E-state index contributed by atoms with van der Waals surface area (Å²) in [5.41, 5.74) is 0.847. The van der Waals surface area contributed by atoms with E-state index in [4.69, 9.17) is 0 Å². The van der Waals surface area contributed by atoms with Crippen molar-refractivity contribution < 1.29 is 9.53 Å². The molecule has 1 atom stereocenters. The second kappa shape index (κ2) is 5.15. The first-order valence-electron chi connectivity index (χ1n) is 5.01. The number of nitrogens with one attached hydrogen (secondary N) is 1. The molecule has 0 saturated heterocycles. The van der Waals surface area contributed by atoms with Gasteiger partial charge in [-0.05, 0) is 11.6 Å². The lowest BCUT2D eigenvalue weighted by Gasteiger charge is -2.11. The Bertz CT molecular complexity index is 471. The molecule has 2 aromatic rings. The molecule has 88 valence electrons. The molecule has 0 aliphatic carbocycles. The maximum atomic E-state index is 11.4. The summed E-state index contributed by atoms with van der Waals surface area (Å²) >= 11 is 0. The van der Waals surface area contributed by atoms with E-state index in [2.05, 4.69) is 30.3 Å². The molecule has 7 nitrogen and oxygen atoms in total. The highest BCUT2D eigenvalue weighted by Crippen LogP contribution is 2.24. The molecule has 0 saturated carbocycles. The summed E-state index contributed by atoms with van der Waals surface area (Å²) in [6.07, 6.45) is 3.49. The molecule has 2 rings (SSSR count).